The third-order valence-electron chi connectivity index (χ3n) is 1.46. The summed E-state index contributed by atoms with van der Waals surface area (Å²) in [5.74, 6) is -1.56. The molecule has 0 spiro atoms. The van der Waals surface area contributed by atoms with Crippen LogP contribution in [0, 0.1) is 0 Å². The van der Waals surface area contributed by atoms with Crippen molar-refractivity contribution in [3.05, 3.63) is 0 Å². The largest absolute Gasteiger partial charge is 0.460 e. The van der Waals surface area contributed by atoms with Gasteiger partial charge in [-0.25, -0.2) is 9.59 Å². The lowest BCUT2D eigenvalue weighted by molar-refractivity contribution is -0.167. The van der Waals surface area contributed by atoms with Crippen LogP contribution in [0.2, 0.25) is 0 Å². The van der Waals surface area contributed by atoms with E-state index < -0.39 is 30.3 Å². The van der Waals surface area contributed by atoms with Gasteiger partial charge in [0.15, 0.2) is 0 Å². The number of aliphatic hydroxyl groups excluding tert-OH is 2. The molecule has 0 rings (SSSR count). The normalized spacial score (nSPS) is 16.3. The molecule has 6 nitrogen and oxygen atoms in total. The Morgan fingerprint density at radius 2 is 1.53 bits per heavy atom. The van der Waals surface area contributed by atoms with Crippen molar-refractivity contribution in [2.45, 2.75) is 39.1 Å². The molecule has 0 saturated heterocycles. The summed E-state index contributed by atoms with van der Waals surface area (Å²) in [6, 6.07) is 0. The number of hydrogen-bond donors (Lipinski definition) is 2. The van der Waals surface area contributed by atoms with E-state index in [1.54, 1.807) is 0 Å². The first-order valence-electron chi connectivity index (χ1n) is 4.57. The third-order valence-corrected chi connectivity index (χ3v) is 1.46. The summed E-state index contributed by atoms with van der Waals surface area (Å²) >= 11 is 0. The molecule has 0 radical (unpaired) electrons. The van der Waals surface area contributed by atoms with Gasteiger partial charge in [-0.1, -0.05) is 0 Å². The van der Waals surface area contributed by atoms with Crippen molar-refractivity contribution < 1.29 is 29.3 Å². The monoisotopic (exact) mass is 220 g/mol. The molecule has 0 aromatic carbocycles. The predicted octanol–water partition coefficient (Wildman–Crippen LogP) is -0.777. The van der Waals surface area contributed by atoms with Crippen LogP contribution in [-0.2, 0) is 19.1 Å². The van der Waals surface area contributed by atoms with Crippen LogP contribution in [0.4, 0.5) is 0 Å². The van der Waals surface area contributed by atoms with E-state index in [2.05, 4.69) is 4.74 Å². The van der Waals surface area contributed by atoms with Crippen molar-refractivity contribution in [1.82, 2.24) is 0 Å². The SMILES string of the molecule is CC(COC(=O)C(C)O)OC(=O)C(C)O. The van der Waals surface area contributed by atoms with Crippen molar-refractivity contribution >= 4 is 11.9 Å². The maximum atomic E-state index is 10.9. The standard InChI is InChI=1S/C9H16O6/c1-5(15-9(13)7(3)11)4-14-8(12)6(2)10/h5-7,10-11H,4H2,1-3H3. The molecule has 0 aliphatic heterocycles. The average Bonchev–Trinajstić information content (AvgIpc) is 2.13. The van der Waals surface area contributed by atoms with Gasteiger partial charge in [-0.2, -0.15) is 0 Å². The molecule has 0 fully saturated rings. The first-order chi connectivity index (χ1) is 6.84. The number of rotatable bonds is 5. The number of ether oxygens (including phenoxy) is 2. The predicted molar refractivity (Wildman–Crippen MR) is 49.9 cm³/mol. The molecule has 3 unspecified atom stereocenters. The molecule has 0 amide bonds. The van der Waals surface area contributed by atoms with Gasteiger partial charge in [0.2, 0.25) is 0 Å². The Morgan fingerprint density at radius 1 is 1.07 bits per heavy atom. The Labute approximate surface area is 87.8 Å². The Bertz CT molecular complexity index is 223. The minimum Gasteiger partial charge on any atom is -0.460 e. The summed E-state index contributed by atoms with van der Waals surface area (Å²) in [5.41, 5.74) is 0. The maximum Gasteiger partial charge on any atom is 0.335 e. The quantitative estimate of drug-likeness (QED) is 0.590. The molecule has 3 atom stereocenters. The fraction of sp³-hybridized carbons (Fsp3) is 0.778. The summed E-state index contributed by atoms with van der Waals surface area (Å²) in [5, 5.41) is 17.6. The Hall–Kier alpha value is -1.14. The van der Waals surface area contributed by atoms with E-state index in [4.69, 9.17) is 14.9 Å². The second-order valence-electron chi connectivity index (χ2n) is 3.23. The highest BCUT2D eigenvalue weighted by Crippen LogP contribution is 1.97. The second kappa shape index (κ2) is 6.36. The molecular formula is C9H16O6. The van der Waals surface area contributed by atoms with Gasteiger partial charge in [0.25, 0.3) is 0 Å². The van der Waals surface area contributed by atoms with Crippen molar-refractivity contribution in [3.63, 3.8) is 0 Å². The first-order valence-corrected chi connectivity index (χ1v) is 4.57. The first kappa shape index (κ1) is 13.9. The number of aliphatic hydroxyl groups is 2. The van der Waals surface area contributed by atoms with Crippen molar-refractivity contribution in [3.8, 4) is 0 Å². The van der Waals surface area contributed by atoms with Gasteiger partial charge in [0.1, 0.15) is 24.9 Å². The van der Waals surface area contributed by atoms with E-state index in [-0.39, 0.29) is 6.61 Å². The molecule has 0 aromatic heterocycles. The highest BCUT2D eigenvalue weighted by atomic mass is 16.6. The van der Waals surface area contributed by atoms with Crippen LogP contribution in [-0.4, -0.2) is 47.1 Å². The number of carbonyl (C=O) groups excluding carboxylic acids is 2. The number of hydrogen-bond acceptors (Lipinski definition) is 6. The Kier molecular flexibility index (Phi) is 5.88. The molecule has 2 N–H and O–H groups in total. The van der Waals surface area contributed by atoms with Gasteiger partial charge in [-0.15, -0.1) is 0 Å². The molecule has 0 aromatic rings. The molecule has 0 saturated carbocycles. The maximum absolute atomic E-state index is 10.9. The lowest BCUT2D eigenvalue weighted by Gasteiger charge is -2.15. The summed E-state index contributed by atoms with van der Waals surface area (Å²) in [6.07, 6.45) is -3.07. The summed E-state index contributed by atoms with van der Waals surface area (Å²) < 4.78 is 9.29. The van der Waals surface area contributed by atoms with E-state index >= 15 is 0 Å². The number of carbonyl (C=O) groups is 2. The van der Waals surface area contributed by atoms with Gasteiger partial charge >= 0.3 is 11.9 Å². The Morgan fingerprint density at radius 3 is 1.93 bits per heavy atom. The second-order valence-corrected chi connectivity index (χ2v) is 3.23. The lowest BCUT2D eigenvalue weighted by atomic mass is 10.4. The summed E-state index contributed by atoms with van der Waals surface area (Å²) in [6.45, 7) is 3.91. The summed E-state index contributed by atoms with van der Waals surface area (Å²) in [7, 11) is 0. The van der Waals surface area contributed by atoms with E-state index in [9.17, 15) is 9.59 Å². The van der Waals surface area contributed by atoms with Gasteiger partial charge in [-0.3, -0.25) is 0 Å². The van der Waals surface area contributed by atoms with Crippen molar-refractivity contribution in [2.24, 2.45) is 0 Å². The van der Waals surface area contributed by atoms with Crippen LogP contribution in [0.15, 0.2) is 0 Å². The highest BCUT2D eigenvalue weighted by molar-refractivity contribution is 5.74. The molecule has 0 aliphatic carbocycles. The van der Waals surface area contributed by atoms with Crippen LogP contribution in [0.3, 0.4) is 0 Å². The lowest BCUT2D eigenvalue weighted by Crippen LogP contribution is -2.29. The van der Waals surface area contributed by atoms with E-state index in [1.807, 2.05) is 0 Å². The fourth-order valence-corrected chi connectivity index (χ4v) is 0.651. The molecule has 0 bridgehead atoms. The zero-order valence-corrected chi connectivity index (χ0v) is 8.97. The van der Waals surface area contributed by atoms with Crippen LogP contribution in [0.5, 0.6) is 0 Å². The van der Waals surface area contributed by atoms with Crippen molar-refractivity contribution in [1.29, 1.82) is 0 Å². The van der Waals surface area contributed by atoms with Crippen molar-refractivity contribution in [2.75, 3.05) is 6.61 Å². The van der Waals surface area contributed by atoms with Crippen LogP contribution in [0.25, 0.3) is 0 Å². The third kappa shape index (κ3) is 6.03. The van der Waals surface area contributed by atoms with E-state index in [1.165, 1.54) is 20.8 Å². The zero-order chi connectivity index (χ0) is 12.0. The number of esters is 2. The van der Waals surface area contributed by atoms with Gasteiger partial charge < -0.3 is 19.7 Å². The van der Waals surface area contributed by atoms with E-state index in [0.717, 1.165) is 0 Å². The molecular weight excluding hydrogens is 204 g/mol. The van der Waals surface area contributed by atoms with E-state index in [0.29, 0.717) is 0 Å². The van der Waals surface area contributed by atoms with Gasteiger partial charge in [0.05, 0.1) is 0 Å². The molecule has 6 heteroatoms. The molecule has 0 aliphatic rings. The van der Waals surface area contributed by atoms with Gasteiger partial charge in [0, 0.05) is 0 Å². The minimum atomic E-state index is -1.21. The topological polar surface area (TPSA) is 93.1 Å². The summed E-state index contributed by atoms with van der Waals surface area (Å²) in [4.78, 5) is 21.7. The zero-order valence-electron chi connectivity index (χ0n) is 8.97. The minimum absolute atomic E-state index is 0.151. The van der Waals surface area contributed by atoms with Crippen LogP contribution < -0.4 is 0 Å². The van der Waals surface area contributed by atoms with Gasteiger partial charge in [-0.05, 0) is 20.8 Å². The molecule has 0 heterocycles. The Balaban J connectivity index is 3.80. The molecule has 15 heavy (non-hydrogen) atoms. The van der Waals surface area contributed by atoms with Crippen LogP contribution in [0.1, 0.15) is 20.8 Å². The molecule has 88 valence electrons. The fourth-order valence-electron chi connectivity index (χ4n) is 0.651. The average molecular weight is 220 g/mol. The van der Waals surface area contributed by atoms with Crippen LogP contribution >= 0.6 is 0 Å². The highest BCUT2D eigenvalue weighted by Gasteiger charge is 2.17. The smallest absolute Gasteiger partial charge is 0.335 e.